The number of rotatable bonds is 5. The second-order valence-corrected chi connectivity index (χ2v) is 4.94. The minimum absolute atomic E-state index is 0.206. The van der Waals surface area contributed by atoms with Crippen LogP contribution in [-0.2, 0) is 13.5 Å². The molecule has 2 aromatic rings. The van der Waals surface area contributed by atoms with Gasteiger partial charge in [-0.15, -0.1) is 0 Å². The van der Waals surface area contributed by atoms with Gasteiger partial charge in [-0.2, -0.15) is 5.10 Å². The maximum Gasteiger partial charge on any atom is 0.179 e. The third-order valence-corrected chi connectivity index (χ3v) is 3.36. The van der Waals surface area contributed by atoms with E-state index in [0.717, 1.165) is 11.3 Å². The zero-order valence-corrected chi connectivity index (χ0v) is 12.5. The summed E-state index contributed by atoms with van der Waals surface area (Å²) in [6.07, 6.45) is 2.52. The van der Waals surface area contributed by atoms with Crippen LogP contribution >= 0.6 is 11.6 Å². The van der Waals surface area contributed by atoms with Crippen molar-refractivity contribution in [2.24, 2.45) is 12.8 Å². The molecule has 0 bridgehead atoms. The van der Waals surface area contributed by atoms with Crippen molar-refractivity contribution in [2.75, 3.05) is 14.2 Å². The topological polar surface area (TPSA) is 62.3 Å². The maximum absolute atomic E-state index is 6.22. The number of benzene rings is 1. The highest BCUT2D eigenvalue weighted by atomic mass is 35.5. The Morgan fingerprint density at radius 1 is 1.35 bits per heavy atom. The number of hydrogen-bond acceptors (Lipinski definition) is 4. The van der Waals surface area contributed by atoms with Crippen molar-refractivity contribution in [1.29, 1.82) is 0 Å². The van der Waals surface area contributed by atoms with Crippen LogP contribution in [0.15, 0.2) is 24.4 Å². The molecular formula is C14H18ClN3O2. The summed E-state index contributed by atoms with van der Waals surface area (Å²) in [4.78, 5) is 0. The first-order chi connectivity index (χ1) is 9.55. The minimum Gasteiger partial charge on any atom is -0.493 e. The Labute approximate surface area is 123 Å². The van der Waals surface area contributed by atoms with E-state index in [9.17, 15) is 0 Å². The molecule has 20 heavy (non-hydrogen) atoms. The van der Waals surface area contributed by atoms with Crippen LogP contribution in [0.5, 0.6) is 11.5 Å². The lowest BCUT2D eigenvalue weighted by Gasteiger charge is -2.15. The largest absolute Gasteiger partial charge is 0.493 e. The smallest absolute Gasteiger partial charge is 0.179 e. The van der Waals surface area contributed by atoms with Gasteiger partial charge in [-0.05, 0) is 23.8 Å². The number of methoxy groups -OCH3 is 2. The first-order valence-corrected chi connectivity index (χ1v) is 6.58. The van der Waals surface area contributed by atoms with E-state index < -0.39 is 0 Å². The Hall–Kier alpha value is -1.72. The summed E-state index contributed by atoms with van der Waals surface area (Å²) in [7, 11) is 5.00. The predicted molar refractivity (Wildman–Crippen MR) is 78.4 cm³/mol. The summed E-state index contributed by atoms with van der Waals surface area (Å²) >= 11 is 6.18. The van der Waals surface area contributed by atoms with Crippen LogP contribution in [0.3, 0.4) is 0 Å². The van der Waals surface area contributed by atoms with E-state index in [2.05, 4.69) is 5.10 Å². The number of nitrogens with two attached hydrogens (primary N) is 1. The molecule has 0 saturated carbocycles. The van der Waals surface area contributed by atoms with Crippen LogP contribution in [0, 0.1) is 0 Å². The molecule has 1 unspecified atom stereocenters. The quantitative estimate of drug-likeness (QED) is 0.919. The molecule has 0 fully saturated rings. The van der Waals surface area contributed by atoms with E-state index >= 15 is 0 Å². The molecular weight excluding hydrogens is 278 g/mol. The molecule has 6 heteroatoms. The molecule has 0 radical (unpaired) electrons. The van der Waals surface area contributed by atoms with Crippen molar-refractivity contribution in [3.8, 4) is 11.5 Å². The lowest BCUT2D eigenvalue weighted by atomic mass is 10.0. The van der Waals surface area contributed by atoms with Crippen molar-refractivity contribution in [3.05, 3.63) is 40.7 Å². The molecule has 2 N–H and O–H groups in total. The SMILES string of the molecule is COc1cc(C(N)Cc2ccn(C)n2)cc(Cl)c1OC. The molecule has 0 aliphatic heterocycles. The van der Waals surface area contributed by atoms with Gasteiger partial charge < -0.3 is 15.2 Å². The number of nitrogens with zero attached hydrogens (tertiary/aromatic N) is 2. The molecule has 0 aliphatic rings. The maximum atomic E-state index is 6.22. The van der Waals surface area contributed by atoms with Crippen LogP contribution in [0.4, 0.5) is 0 Å². The van der Waals surface area contributed by atoms with Gasteiger partial charge in [0.05, 0.1) is 24.9 Å². The van der Waals surface area contributed by atoms with Crippen LogP contribution in [0.2, 0.25) is 5.02 Å². The summed E-state index contributed by atoms with van der Waals surface area (Å²) in [5.74, 6) is 1.09. The summed E-state index contributed by atoms with van der Waals surface area (Å²) < 4.78 is 12.2. The summed E-state index contributed by atoms with van der Waals surface area (Å²) in [6, 6.07) is 5.39. The first kappa shape index (κ1) is 14.7. The molecule has 0 amide bonds. The lowest BCUT2D eigenvalue weighted by molar-refractivity contribution is 0.354. The minimum atomic E-state index is -0.206. The molecule has 1 heterocycles. The summed E-state index contributed by atoms with van der Waals surface area (Å²) in [5.41, 5.74) is 8.04. The van der Waals surface area contributed by atoms with Gasteiger partial charge in [0.1, 0.15) is 0 Å². The highest BCUT2D eigenvalue weighted by Crippen LogP contribution is 2.37. The van der Waals surface area contributed by atoms with Crippen molar-refractivity contribution in [2.45, 2.75) is 12.5 Å². The van der Waals surface area contributed by atoms with Crippen LogP contribution in [0.1, 0.15) is 17.3 Å². The van der Waals surface area contributed by atoms with E-state index in [4.69, 9.17) is 26.8 Å². The fourth-order valence-corrected chi connectivity index (χ4v) is 2.36. The Morgan fingerprint density at radius 2 is 2.10 bits per heavy atom. The van der Waals surface area contributed by atoms with Gasteiger partial charge in [-0.1, -0.05) is 11.6 Å². The molecule has 0 aliphatic carbocycles. The van der Waals surface area contributed by atoms with E-state index in [1.165, 1.54) is 0 Å². The average molecular weight is 296 g/mol. The standard InChI is InChI=1S/C14H18ClN3O2/c1-18-5-4-10(17-18)8-12(16)9-6-11(15)14(20-3)13(7-9)19-2/h4-7,12H,8,16H2,1-3H3. The van der Waals surface area contributed by atoms with Crippen LogP contribution < -0.4 is 15.2 Å². The van der Waals surface area contributed by atoms with E-state index in [0.29, 0.717) is 22.9 Å². The van der Waals surface area contributed by atoms with Gasteiger partial charge in [0, 0.05) is 25.7 Å². The van der Waals surface area contributed by atoms with Crippen molar-refractivity contribution >= 4 is 11.6 Å². The van der Waals surface area contributed by atoms with Crippen LogP contribution in [0.25, 0.3) is 0 Å². The number of aryl methyl sites for hydroxylation is 1. The molecule has 108 valence electrons. The Morgan fingerprint density at radius 3 is 2.65 bits per heavy atom. The van der Waals surface area contributed by atoms with Crippen LogP contribution in [-0.4, -0.2) is 24.0 Å². The fourth-order valence-electron chi connectivity index (χ4n) is 2.07. The lowest BCUT2D eigenvalue weighted by Crippen LogP contribution is -2.14. The molecule has 0 saturated heterocycles. The summed E-state index contributed by atoms with van der Waals surface area (Å²) in [6.45, 7) is 0. The number of hydrogen-bond donors (Lipinski definition) is 1. The normalized spacial score (nSPS) is 12.2. The van der Waals surface area contributed by atoms with Gasteiger partial charge in [0.25, 0.3) is 0 Å². The third-order valence-electron chi connectivity index (χ3n) is 3.08. The van der Waals surface area contributed by atoms with Gasteiger partial charge in [-0.25, -0.2) is 0 Å². The third kappa shape index (κ3) is 3.05. The Kier molecular flexibility index (Phi) is 4.52. The van der Waals surface area contributed by atoms with Crippen molar-refractivity contribution in [3.63, 3.8) is 0 Å². The second kappa shape index (κ2) is 6.15. The van der Waals surface area contributed by atoms with E-state index in [-0.39, 0.29) is 6.04 Å². The number of halogens is 1. The summed E-state index contributed by atoms with van der Waals surface area (Å²) in [5, 5.41) is 4.81. The molecule has 0 spiro atoms. The fraction of sp³-hybridized carbons (Fsp3) is 0.357. The predicted octanol–water partition coefficient (Wildman–Crippen LogP) is 2.33. The Balaban J connectivity index is 2.25. The molecule has 1 aromatic carbocycles. The zero-order valence-electron chi connectivity index (χ0n) is 11.8. The van der Waals surface area contributed by atoms with E-state index in [1.54, 1.807) is 25.0 Å². The molecule has 5 nitrogen and oxygen atoms in total. The average Bonchev–Trinajstić information content (AvgIpc) is 2.82. The van der Waals surface area contributed by atoms with Gasteiger partial charge in [-0.3, -0.25) is 4.68 Å². The highest BCUT2D eigenvalue weighted by Gasteiger charge is 2.16. The zero-order chi connectivity index (χ0) is 14.7. The molecule has 2 rings (SSSR count). The van der Waals surface area contributed by atoms with Gasteiger partial charge in [0.15, 0.2) is 11.5 Å². The highest BCUT2D eigenvalue weighted by molar-refractivity contribution is 6.32. The monoisotopic (exact) mass is 295 g/mol. The van der Waals surface area contributed by atoms with Crippen molar-refractivity contribution in [1.82, 2.24) is 9.78 Å². The first-order valence-electron chi connectivity index (χ1n) is 6.20. The van der Waals surface area contributed by atoms with Gasteiger partial charge >= 0.3 is 0 Å². The number of aromatic nitrogens is 2. The van der Waals surface area contributed by atoms with Gasteiger partial charge in [0.2, 0.25) is 0 Å². The Bertz CT molecular complexity index is 598. The van der Waals surface area contributed by atoms with Crippen molar-refractivity contribution < 1.29 is 9.47 Å². The molecule has 1 atom stereocenters. The number of ether oxygens (including phenoxy) is 2. The molecule has 1 aromatic heterocycles. The van der Waals surface area contributed by atoms with E-state index in [1.807, 2.05) is 25.4 Å². The second-order valence-electron chi connectivity index (χ2n) is 4.53.